The van der Waals surface area contributed by atoms with Crippen LogP contribution in [0.3, 0.4) is 0 Å². The van der Waals surface area contributed by atoms with Crippen LogP contribution in [0.1, 0.15) is 51.9 Å². The molecule has 5 heteroatoms. The molecule has 0 unspecified atom stereocenters. The van der Waals surface area contributed by atoms with Crippen molar-refractivity contribution < 1.29 is 19.1 Å². The zero-order valence-corrected chi connectivity index (χ0v) is 12.9. The number of carbonyl (C=O) groups excluding carboxylic acids is 2. The Labute approximate surface area is 126 Å². The molecule has 120 valence electrons. The molecule has 2 aliphatic rings. The van der Waals surface area contributed by atoms with Gasteiger partial charge in [0.25, 0.3) is 0 Å². The molecule has 1 amide bonds. The predicted octanol–water partition coefficient (Wildman–Crippen LogP) is 2.04. The second-order valence-electron chi connectivity index (χ2n) is 6.01. The van der Waals surface area contributed by atoms with Crippen molar-refractivity contribution in [2.75, 3.05) is 19.8 Å². The van der Waals surface area contributed by atoms with E-state index < -0.39 is 5.92 Å². The second-order valence-corrected chi connectivity index (χ2v) is 6.01. The van der Waals surface area contributed by atoms with Crippen LogP contribution in [0.15, 0.2) is 0 Å². The highest BCUT2D eigenvalue weighted by Gasteiger charge is 2.36. The van der Waals surface area contributed by atoms with Gasteiger partial charge in [0.15, 0.2) is 0 Å². The van der Waals surface area contributed by atoms with Crippen molar-refractivity contribution in [1.29, 1.82) is 0 Å². The lowest BCUT2D eigenvalue weighted by atomic mass is 9.79. The lowest BCUT2D eigenvalue weighted by molar-refractivity contribution is -0.155. The summed E-state index contributed by atoms with van der Waals surface area (Å²) >= 11 is 0. The van der Waals surface area contributed by atoms with Crippen molar-refractivity contribution >= 4 is 11.9 Å². The van der Waals surface area contributed by atoms with Crippen LogP contribution in [0, 0.1) is 11.8 Å². The molecule has 21 heavy (non-hydrogen) atoms. The van der Waals surface area contributed by atoms with Gasteiger partial charge < -0.3 is 14.8 Å². The van der Waals surface area contributed by atoms with E-state index in [-0.39, 0.29) is 23.9 Å². The molecule has 2 rings (SSSR count). The smallest absolute Gasteiger partial charge is 0.318 e. The highest BCUT2D eigenvalue weighted by atomic mass is 16.5. The minimum atomic E-state index is -0.647. The van der Waals surface area contributed by atoms with E-state index in [2.05, 4.69) is 5.32 Å². The Hall–Kier alpha value is -1.10. The summed E-state index contributed by atoms with van der Waals surface area (Å²) in [6.45, 7) is 3.37. The summed E-state index contributed by atoms with van der Waals surface area (Å²) in [5, 5.41) is 2.90. The van der Waals surface area contributed by atoms with Gasteiger partial charge in [-0.3, -0.25) is 9.59 Å². The molecule has 1 saturated heterocycles. The van der Waals surface area contributed by atoms with E-state index in [0.717, 1.165) is 45.1 Å². The molecule has 1 heterocycles. The molecule has 0 spiro atoms. The van der Waals surface area contributed by atoms with Crippen LogP contribution in [-0.2, 0) is 19.1 Å². The van der Waals surface area contributed by atoms with Crippen molar-refractivity contribution in [3.8, 4) is 0 Å². The van der Waals surface area contributed by atoms with Crippen molar-refractivity contribution in [3.63, 3.8) is 0 Å². The van der Waals surface area contributed by atoms with Crippen LogP contribution >= 0.6 is 0 Å². The van der Waals surface area contributed by atoms with Gasteiger partial charge in [0, 0.05) is 13.2 Å². The number of ether oxygens (including phenoxy) is 2. The quantitative estimate of drug-likeness (QED) is 0.602. The van der Waals surface area contributed by atoms with E-state index in [9.17, 15) is 9.59 Å². The molecule has 2 fully saturated rings. The predicted molar refractivity (Wildman–Crippen MR) is 78.7 cm³/mol. The van der Waals surface area contributed by atoms with Crippen LogP contribution in [0.5, 0.6) is 0 Å². The van der Waals surface area contributed by atoms with Crippen molar-refractivity contribution in [1.82, 2.24) is 5.32 Å². The average Bonchev–Trinajstić information content (AvgIpc) is 3.00. The van der Waals surface area contributed by atoms with E-state index >= 15 is 0 Å². The summed E-state index contributed by atoms with van der Waals surface area (Å²) in [6, 6.07) is 0. The van der Waals surface area contributed by atoms with E-state index in [1.54, 1.807) is 6.92 Å². The lowest BCUT2D eigenvalue weighted by Gasteiger charge is -2.28. The van der Waals surface area contributed by atoms with E-state index in [0.29, 0.717) is 13.2 Å². The molecule has 0 aromatic carbocycles. The first-order valence-corrected chi connectivity index (χ1v) is 8.28. The van der Waals surface area contributed by atoms with Gasteiger partial charge in [0.05, 0.1) is 12.7 Å². The Bertz CT molecular complexity index is 346. The maximum absolute atomic E-state index is 12.4. The maximum atomic E-state index is 12.4. The summed E-state index contributed by atoms with van der Waals surface area (Å²) in [6.07, 6.45) is 7.40. The molecule has 2 atom stereocenters. The number of hydrogen-bond donors (Lipinski definition) is 1. The minimum absolute atomic E-state index is 0.100. The second kappa shape index (κ2) is 8.37. The van der Waals surface area contributed by atoms with Gasteiger partial charge in [-0.1, -0.05) is 19.3 Å². The summed E-state index contributed by atoms with van der Waals surface area (Å²) in [5.41, 5.74) is 0. The molecule has 5 nitrogen and oxygen atoms in total. The first-order chi connectivity index (χ1) is 10.2. The monoisotopic (exact) mass is 297 g/mol. The molecule has 1 saturated carbocycles. The molecular weight excluding hydrogens is 270 g/mol. The van der Waals surface area contributed by atoms with Crippen molar-refractivity contribution in [3.05, 3.63) is 0 Å². The van der Waals surface area contributed by atoms with Crippen LogP contribution in [0.4, 0.5) is 0 Å². The SMILES string of the molecule is CCOC(=O)[C@H](C(=O)NC[C@H]1CCCO1)C1CCCCC1. The Kier molecular flexibility index (Phi) is 6.49. The Morgan fingerprint density at radius 2 is 1.95 bits per heavy atom. The summed E-state index contributed by atoms with van der Waals surface area (Å²) in [4.78, 5) is 24.6. The Morgan fingerprint density at radius 1 is 1.19 bits per heavy atom. The normalized spacial score (nSPS) is 24.5. The van der Waals surface area contributed by atoms with Gasteiger partial charge in [-0.05, 0) is 38.5 Å². The first-order valence-electron chi connectivity index (χ1n) is 8.28. The molecule has 0 bridgehead atoms. The number of nitrogens with one attached hydrogen (secondary N) is 1. The lowest BCUT2D eigenvalue weighted by Crippen LogP contribution is -2.43. The standard InChI is InChI=1S/C16H27NO4/c1-2-20-16(19)14(12-7-4-3-5-8-12)15(18)17-11-13-9-6-10-21-13/h12-14H,2-11H2,1H3,(H,17,18)/t13-,14+/m1/s1. The number of carbonyl (C=O) groups is 2. The van der Waals surface area contributed by atoms with Crippen LogP contribution < -0.4 is 5.32 Å². The zero-order chi connectivity index (χ0) is 15.1. The topological polar surface area (TPSA) is 64.6 Å². The number of amides is 1. The molecule has 1 aliphatic carbocycles. The van der Waals surface area contributed by atoms with Crippen LogP contribution in [0.25, 0.3) is 0 Å². The van der Waals surface area contributed by atoms with Crippen molar-refractivity contribution in [2.45, 2.75) is 58.0 Å². The zero-order valence-electron chi connectivity index (χ0n) is 12.9. The maximum Gasteiger partial charge on any atom is 0.318 e. The molecule has 1 aliphatic heterocycles. The molecule has 0 radical (unpaired) electrons. The van der Waals surface area contributed by atoms with Crippen LogP contribution in [-0.4, -0.2) is 37.7 Å². The van der Waals surface area contributed by atoms with Gasteiger partial charge >= 0.3 is 5.97 Å². The Balaban J connectivity index is 1.92. The molecule has 1 N–H and O–H groups in total. The van der Waals surface area contributed by atoms with E-state index in [1.807, 2.05) is 0 Å². The third kappa shape index (κ3) is 4.70. The first kappa shape index (κ1) is 16.3. The van der Waals surface area contributed by atoms with Gasteiger partial charge in [-0.2, -0.15) is 0 Å². The van der Waals surface area contributed by atoms with E-state index in [4.69, 9.17) is 9.47 Å². The molecule has 0 aromatic rings. The fourth-order valence-electron chi connectivity index (χ4n) is 3.34. The highest BCUT2D eigenvalue weighted by Crippen LogP contribution is 2.31. The third-order valence-electron chi connectivity index (χ3n) is 4.47. The van der Waals surface area contributed by atoms with Crippen molar-refractivity contribution in [2.24, 2.45) is 11.8 Å². The van der Waals surface area contributed by atoms with Crippen LogP contribution in [0.2, 0.25) is 0 Å². The summed E-state index contributed by atoms with van der Waals surface area (Å²) in [7, 11) is 0. The van der Waals surface area contributed by atoms with Gasteiger partial charge in [0.1, 0.15) is 5.92 Å². The summed E-state index contributed by atoms with van der Waals surface area (Å²) in [5.74, 6) is -1.07. The molecular formula is C16H27NO4. The van der Waals surface area contributed by atoms with E-state index in [1.165, 1.54) is 6.42 Å². The van der Waals surface area contributed by atoms with Gasteiger partial charge in [-0.15, -0.1) is 0 Å². The molecule has 0 aromatic heterocycles. The number of hydrogen-bond acceptors (Lipinski definition) is 4. The third-order valence-corrected chi connectivity index (χ3v) is 4.47. The average molecular weight is 297 g/mol. The largest absolute Gasteiger partial charge is 0.465 e. The minimum Gasteiger partial charge on any atom is -0.465 e. The fraction of sp³-hybridized carbons (Fsp3) is 0.875. The van der Waals surface area contributed by atoms with Gasteiger partial charge in [0.2, 0.25) is 5.91 Å². The highest BCUT2D eigenvalue weighted by molar-refractivity contribution is 5.98. The number of esters is 1. The van der Waals surface area contributed by atoms with Gasteiger partial charge in [-0.25, -0.2) is 0 Å². The fourth-order valence-corrected chi connectivity index (χ4v) is 3.34. The number of rotatable bonds is 6. The Morgan fingerprint density at radius 3 is 2.57 bits per heavy atom. The summed E-state index contributed by atoms with van der Waals surface area (Å²) < 4.78 is 10.6.